The zero-order valence-corrected chi connectivity index (χ0v) is 14.2. The number of rotatable bonds is 5. The molecule has 0 bridgehead atoms. The third kappa shape index (κ3) is 3.85. The van der Waals surface area contributed by atoms with Crippen LogP contribution >= 0.6 is 0 Å². The van der Waals surface area contributed by atoms with Crippen molar-refractivity contribution in [1.29, 1.82) is 0 Å². The predicted octanol–water partition coefficient (Wildman–Crippen LogP) is 0.706. The smallest absolute Gasteiger partial charge is 0.407 e. The molecule has 2 N–H and O–H groups in total. The van der Waals surface area contributed by atoms with Crippen molar-refractivity contribution >= 4 is 12.0 Å². The van der Waals surface area contributed by atoms with Crippen LogP contribution in [0.1, 0.15) is 17.3 Å². The van der Waals surface area contributed by atoms with Crippen molar-refractivity contribution in [3.8, 4) is 5.75 Å². The van der Waals surface area contributed by atoms with Gasteiger partial charge in [0.05, 0.1) is 26.4 Å². The van der Waals surface area contributed by atoms with E-state index in [2.05, 4.69) is 10.6 Å². The second-order valence-electron chi connectivity index (χ2n) is 5.88. The van der Waals surface area contributed by atoms with Crippen molar-refractivity contribution in [2.75, 3.05) is 26.9 Å². The molecule has 2 saturated heterocycles. The number of carbonyl (C=O) groups excluding carboxylic acids is 2. The second-order valence-corrected chi connectivity index (χ2v) is 5.88. The average molecular weight is 350 g/mol. The number of methoxy groups -OCH3 is 1. The molecule has 0 unspecified atom stereocenters. The van der Waals surface area contributed by atoms with E-state index >= 15 is 0 Å². The van der Waals surface area contributed by atoms with Gasteiger partial charge in [-0.2, -0.15) is 0 Å². The van der Waals surface area contributed by atoms with E-state index in [0.717, 1.165) is 0 Å². The van der Waals surface area contributed by atoms with Crippen LogP contribution in [0, 0.1) is 0 Å². The first-order valence-corrected chi connectivity index (χ1v) is 8.25. The molecule has 0 saturated carbocycles. The molecule has 8 nitrogen and oxygen atoms in total. The zero-order valence-electron chi connectivity index (χ0n) is 14.2. The van der Waals surface area contributed by atoms with Gasteiger partial charge in [0, 0.05) is 12.1 Å². The summed E-state index contributed by atoms with van der Waals surface area (Å²) in [6.45, 7) is 2.86. The van der Waals surface area contributed by atoms with E-state index in [-0.39, 0.29) is 30.8 Å². The third-order valence-corrected chi connectivity index (χ3v) is 4.26. The van der Waals surface area contributed by atoms with Crippen LogP contribution < -0.4 is 15.4 Å². The van der Waals surface area contributed by atoms with Crippen LogP contribution in [0.3, 0.4) is 0 Å². The molecule has 0 spiro atoms. The molecule has 2 heterocycles. The van der Waals surface area contributed by atoms with Crippen molar-refractivity contribution in [3.63, 3.8) is 0 Å². The van der Waals surface area contributed by atoms with Crippen molar-refractivity contribution in [3.05, 3.63) is 29.8 Å². The fraction of sp³-hybridized carbons (Fsp3) is 0.529. The Labute approximate surface area is 145 Å². The molecule has 136 valence electrons. The van der Waals surface area contributed by atoms with E-state index in [0.29, 0.717) is 24.5 Å². The van der Waals surface area contributed by atoms with Crippen LogP contribution in [0.4, 0.5) is 4.79 Å². The number of carbonyl (C=O) groups is 2. The van der Waals surface area contributed by atoms with E-state index in [9.17, 15) is 9.59 Å². The Bertz CT molecular complexity index is 620. The lowest BCUT2D eigenvalue weighted by atomic mass is 10.1. The third-order valence-electron chi connectivity index (χ3n) is 4.26. The summed E-state index contributed by atoms with van der Waals surface area (Å²) in [4.78, 5) is 23.9. The summed E-state index contributed by atoms with van der Waals surface area (Å²) in [5, 5.41) is 5.49. The molecular weight excluding hydrogens is 328 g/mol. The Kier molecular flexibility index (Phi) is 5.40. The van der Waals surface area contributed by atoms with Gasteiger partial charge in [0.15, 0.2) is 6.10 Å². The molecule has 8 heteroatoms. The standard InChI is InChI=1S/C17H22N2O6/c1-3-18-17(21)25-13-9-24-14-12(8-23-15(13)14)19-16(20)10-4-6-11(22-2)7-5-10/h4-7,12-15H,3,8-9H2,1-2H3,(H,18,21)(H,19,20)/t12-,13+,14+,15+/m0/s1. The maximum absolute atomic E-state index is 12.4. The number of benzene rings is 1. The van der Waals surface area contributed by atoms with Gasteiger partial charge >= 0.3 is 6.09 Å². The Morgan fingerprint density at radius 3 is 2.56 bits per heavy atom. The van der Waals surface area contributed by atoms with Crippen LogP contribution in [0.25, 0.3) is 0 Å². The van der Waals surface area contributed by atoms with E-state index in [1.165, 1.54) is 0 Å². The zero-order chi connectivity index (χ0) is 17.8. The minimum Gasteiger partial charge on any atom is -0.497 e. The number of ether oxygens (including phenoxy) is 4. The topological polar surface area (TPSA) is 95.1 Å². The molecule has 0 aromatic heterocycles. The van der Waals surface area contributed by atoms with Crippen molar-refractivity contribution < 1.29 is 28.5 Å². The van der Waals surface area contributed by atoms with Crippen LogP contribution in [0.2, 0.25) is 0 Å². The van der Waals surface area contributed by atoms with Gasteiger partial charge in [0.1, 0.15) is 18.0 Å². The number of fused-ring (bicyclic) bond motifs is 1. The van der Waals surface area contributed by atoms with Crippen LogP contribution in [0.5, 0.6) is 5.75 Å². The number of nitrogens with one attached hydrogen (secondary N) is 2. The summed E-state index contributed by atoms with van der Waals surface area (Å²) in [6.07, 6.45) is -1.67. The quantitative estimate of drug-likeness (QED) is 0.812. The van der Waals surface area contributed by atoms with Crippen LogP contribution in [0.15, 0.2) is 24.3 Å². The number of hydrogen-bond acceptors (Lipinski definition) is 6. The highest BCUT2D eigenvalue weighted by atomic mass is 16.6. The number of hydrogen-bond donors (Lipinski definition) is 2. The Hall–Kier alpha value is -2.32. The molecule has 2 amide bonds. The summed E-state index contributed by atoms with van der Waals surface area (Å²) in [6, 6.07) is 6.55. The van der Waals surface area contributed by atoms with Gasteiger partial charge in [-0.3, -0.25) is 4.79 Å². The summed E-state index contributed by atoms with van der Waals surface area (Å²) in [7, 11) is 1.57. The molecule has 1 aromatic rings. The minimum atomic E-state index is -0.494. The maximum atomic E-state index is 12.4. The number of alkyl carbamates (subject to hydrolysis) is 1. The highest BCUT2D eigenvalue weighted by Gasteiger charge is 2.50. The molecule has 25 heavy (non-hydrogen) atoms. The fourth-order valence-corrected chi connectivity index (χ4v) is 3.01. The van der Waals surface area contributed by atoms with Crippen LogP contribution in [-0.2, 0) is 14.2 Å². The summed E-state index contributed by atoms with van der Waals surface area (Å²) in [5.41, 5.74) is 0.525. The van der Waals surface area contributed by atoms with Gasteiger partial charge in [-0.15, -0.1) is 0 Å². The van der Waals surface area contributed by atoms with E-state index in [1.807, 2.05) is 6.92 Å². The highest BCUT2D eigenvalue weighted by molar-refractivity contribution is 5.94. The lowest BCUT2D eigenvalue weighted by molar-refractivity contribution is 0.00408. The minimum absolute atomic E-state index is 0.214. The maximum Gasteiger partial charge on any atom is 0.407 e. The molecule has 4 atom stereocenters. The first kappa shape index (κ1) is 17.5. The largest absolute Gasteiger partial charge is 0.497 e. The molecule has 2 aliphatic rings. The summed E-state index contributed by atoms with van der Waals surface area (Å²) >= 11 is 0. The first-order valence-electron chi connectivity index (χ1n) is 8.25. The Morgan fingerprint density at radius 1 is 1.16 bits per heavy atom. The van der Waals surface area contributed by atoms with Gasteiger partial charge in [-0.1, -0.05) is 0 Å². The first-order chi connectivity index (χ1) is 12.1. The lowest BCUT2D eigenvalue weighted by Crippen LogP contribution is -2.44. The van der Waals surface area contributed by atoms with E-state index in [1.54, 1.807) is 31.4 Å². The Morgan fingerprint density at radius 2 is 1.88 bits per heavy atom. The van der Waals surface area contributed by atoms with Gasteiger partial charge in [0.25, 0.3) is 5.91 Å². The van der Waals surface area contributed by atoms with E-state index in [4.69, 9.17) is 18.9 Å². The predicted molar refractivity (Wildman–Crippen MR) is 87.7 cm³/mol. The van der Waals surface area contributed by atoms with E-state index < -0.39 is 12.2 Å². The van der Waals surface area contributed by atoms with Gasteiger partial charge in [0.2, 0.25) is 0 Å². The SMILES string of the molecule is CCNC(=O)O[C@@H]1CO[C@H]2[C@@H]1OC[C@@H]2NC(=O)c1ccc(OC)cc1. The lowest BCUT2D eigenvalue weighted by Gasteiger charge is -2.18. The summed E-state index contributed by atoms with van der Waals surface area (Å²) in [5.74, 6) is 0.471. The Balaban J connectivity index is 1.56. The molecule has 1 aromatic carbocycles. The molecule has 0 radical (unpaired) electrons. The monoisotopic (exact) mass is 350 g/mol. The van der Waals surface area contributed by atoms with Gasteiger partial charge < -0.3 is 29.6 Å². The van der Waals surface area contributed by atoms with Crippen molar-refractivity contribution in [2.24, 2.45) is 0 Å². The molecule has 3 rings (SSSR count). The highest BCUT2D eigenvalue weighted by Crippen LogP contribution is 2.29. The number of amides is 2. The summed E-state index contributed by atoms with van der Waals surface area (Å²) < 4.78 is 21.8. The normalized spacial score (nSPS) is 27.4. The fourth-order valence-electron chi connectivity index (χ4n) is 3.01. The van der Waals surface area contributed by atoms with Gasteiger partial charge in [-0.25, -0.2) is 4.79 Å². The average Bonchev–Trinajstić information content (AvgIpc) is 3.19. The van der Waals surface area contributed by atoms with Gasteiger partial charge in [-0.05, 0) is 31.2 Å². The molecular formula is C17H22N2O6. The molecule has 0 aliphatic carbocycles. The second kappa shape index (κ2) is 7.71. The molecule has 2 aliphatic heterocycles. The van der Waals surface area contributed by atoms with Crippen molar-refractivity contribution in [2.45, 2.75) is 31.3 Å². The van der Waals surface area contributed by atoms with Crippen molar-refractivity contribution in [1.82, 2.24) is 10.6 Å². The molecule has 2 fully saturated rings. The van der Waals surface area contributed by atoms with Crippen LogP contribution in [-0.4, -0.2) is 63.2 Å².